The lowest BCUT2D eigenvalue weighted by atomic mass is 10.1. The van der Waals surface area contributed by atoms with Gasteiger partial charge in [0.1, 0.15) is 18.0 Å². The Morgan fingerprint density at radius 1 is 1.50 bits per heavy atom. The highest BCUT2D eigenvalue weighted by atomic mass is 35.5. The van der Waals surface area contributed by atoms with Gasteiger partial charge in [-0.05, 0) is 24.6 Å². The Kier molecular flexibility index (Phi) is 3.93. The zero-order valence-corrected chi connectivity index (χ0v) is 10.6. The van der Waals surface area contributed by atoms with E-state index in [1.165, 1.54) is 24.5 Å². The normalized spacial score (nSPS) is 12.7. The summed E-state index contributed by atoms with van der Waals surface area (Å²) in [7, 11) is 0. The van der Waals surface area contributed by atoms with Gasteiger partial charge in [-0.2, -0.15) is 5.10 Å². The maximum absolute atomic E-state index is 13.0. The first-order valence-electron chi connectivity index (χ1n) is 5.61. The average Bonchev–Trinajstić information content (AvgIpc) is 2.79. The van der Waals surface area contributed by atoms with Crippen LogP contribution >= 0.6 is 11.6 Å². The zero-order valence-electron chi connectivity index (χ0n) is 9.85. The van der Waals surface area contributed by atoms with Gasteiger partial charge in [-0.15, -0.1) is 0 Å². The van der Waals surface area contributed by atoms with Crippen molar-refractivity contribution < 1.29 is 9.50 Å². The molecule has 1 unspecified atom stereocenters. The minimum atomic E-state index is -0.780. The summed E-state index contributed by atoms with van der Waals surface area (Å²) in [5, 5.41) is 14.1. The largest absolute Gasteiger partial charge is 0.388 e. The first-order chi connectivity index (χ1) is 8.61. The molecule has 0 aliphatic heterocycles. The summed E-state index contributed by atoms with van der Waals surface area (Å²) >= 11 is 5.68. The third-order valence-electron chi connectivity index (χ3n) is 2.70. The van der Waals surface area contributed by atoms with Gasteiger partial charge >= 0.3 is 0 Å². The van der Waals surface area contributed by atoms with Crippen molar-refractivity contribution in [3.05, 3.63) is 46.8 Å². The van der Waals surface area contributed by atoms with Gasteiger partial charge in [0.15, 0.2) is 0 Å². The standard InChI is InChI=1S/C12H13ClFN3O/c1-2-17-12(15-7-16-17)6-11(18)8-3-4-10(14)9(13)5-8/h3-5,7,11,18H,2,6H2,1H3. The Bertz CT molecular complexity index is 544. The Morgan fingerprint density at radius 2 is 2.28 bits per heavy atom. The van der Waals surface area contributed by atoms with Crippen molar-refractivity contribution >= 4 is 11.6 Å². The van der Waals surface area contributed by atoms with Crippen molar-refractivity contribution in [3.63, 3.8) is 0 Å². The molecule has 0 fully saturated rings. The van der Waals surface area contributed by atoms with E-state index in [4.69, 9.17) is 11.6 Å². The Morgan fingerprint density at radius 3 is 2.94 bits per heavy atom. The summed E-state index contributed by atoms with van der Waals surface area (Å²) < 4.78 is 14.7. The average molecular weight is 270 g/mol. The molecule has 0 amide bonds. The van der Waals surface area contributed by atoms with Crippen LogP contribution in [0.1, 0.15) is 24.4 Å². The van der Waals surface area contributed by atoms with Crippen LogP contribution in [0.5, 0.6) is 0 Å². The van der Waals surface area contributed by atoms with Crippen molar-refractivity contribution in [1.29, 1.82) is 0 Å². The van der Waals surface area contributed by atoms with Crippen LogP contribution in [0.2, 0.25) is 5.02 Å². The smallest absolute Gasteiger partial charge is 0.141 e. The van der Waals surface area contributed by atoms with Crippen LogP contribution in [0.4, 0.5) is 4.39 Å². The fraction of sp³-hybridized carbons (Fsp3) is 0.333. The van der Waals surface area contributed by atoms with Crippen molar-refractivity contribution in [2.24, 2.45) is 0 Å². The van der Waals surface area contributed by atoms with Crippen molar-refractivity contribution in [3.8, 4) is 0 Å². The van der Waals surface area contributed by atoms with Gasteiger partial charge in [0.05, 0.1) is 11.1 Å². The molecule has 1 heterocycles. The molecule has 2 aromatic rings. The van der Waals surface area contributed by atoms with Crippen LogP contribution in [-0.4, -0.2) is 19.9 Å². The number of hydrogen-bond donors (Lipinski definition) is 1. The molecule has 1 N–H and O–H groups in total. The second-order valence-corrected chi connectivity index (χ2v) is 4.29. The first-order valence-corrected chi connectivity index (χ1v) is 5.99. The Balaban J connectivity index is 2.16. The van der Waals surface area contributed by atoms with Crippen LogP contribution in [0.3, 0.4) is 0 Å². The number of nitrogens with zero attached hydrogens (tertiary/aromatic N) is 3. The molecule has 0 spiro atoms. The van der Waals surface area contributed by atoms with E-state index in [1.807, 2.05) is 6.92 Å². The highest BCUT2D eigenvalue weighted by Crippen LogP contribution is 2.22. The van der Waals surface area contributed by atoms with Crippen molar-refractivity contribution in [2.75, 3.05) is 0 Å². The molecule has 1 atom stereocenters. The summed E-state index contributed by atoms with van der Waals surface area (Å²) in [5.41, 5.74) is 0.562. The molecule has 2 rings (SSSR count). The fourth-order valence-corrected chi connectivity index (χ4v) is 1.91. The molecule has 0 saturated carbocycles. The van der Waals surface area contributed by atoms with Crippen LogP contribution in [0.25, 0.3) is 0 Å². The SMILES string of the molecule is CCn1ncnc1CC(O)c1ccc(F)c(Cl)c1. The summed E-state index contributed by atoms with van der Waals surface area (Å²) in [6.07, 6.45) is 0.983. The maximum Gasteiger partial charge on any atom is 0.141 e. The molecule has 0 bridgehead atoms. The minimum Gasteiger partial charge on any atom is -0.388 e. The second kappa shape index (κ2) is 5.46. The highest BCUT2D eigenvalue weighted by molar-refractivity contribution is 6.30. The molecule has 0 aliphatic carbocycles. The maximum atomic E-state index is 13.0. The van der Waals surface area contributed by atoms with Crippen LogP contribution in [0, 0.1) is 5.82 Å². The quantitative estimate of drug-likeness (QED) is 0.927. The number of benzene rings is 1. The Labute approximate surface area is 109 Å². The topological polar surface area (TPSA) is 50.9 Å². The van der Waals surface area contributed by atoms with E-state index in [0.29, 0.717) is 24.4 Å². The van der Waals surface area contributed by atoms with Crippen molar-refractivity contribution in [1.82, 2.24) is 14.8 Å². The number of aliphatic hydroxyl groups is 1. The second-order valence-electron chi connectivity index (χ2n) is 3.89. The van der Waals surface area contributed by atoms with Gasteiger partial charge in [-0.25, -0.2) is 9.37 Å². The molecule has 1 aromatic heterocycles. The van der Waals surface area contributed by atoms with Crippen molar-refractivity contribution in [2.45, 2.75) is 26.0 Å². The predicted octanol–water partition coefficient (Wildman–Crippen LogP) is 2.37. The van der Waals surface area contributed by atoms with E-state index in [-0.39, 0.29) is 5.02 Å². The van der Waals surface area contributed by atoms with E-state index in [9.17, 15) is 9.50 Å². The summed E-state index contributed by atoms with van der Waals surface area (Å²) in [4.78, 5) is 4.08. The lowest BCUT2D eigenvalue weighted by Crippen LogP contribution is -2.09. The summed E-state index contributed by atoms with van der Waals surface area (Å²) in [6.45, 7) is 2.63. The van der Waals surface area contributed by atoms with Crippen LogP contribution < -0.4 is 0 Å². The van der Waals surface area contributed by atoms with E-state index < -0.39 is 11.9 Å². The van der Waals surface area contributed by atoms with Crippen LogP contribution in [0.15, 0.2) is 24.5 Å². The number of rotatable bonds is 4. The lowest BCUT2D eigenvalue weighted by molar-refractivity contribution is 0.174. The molecule has 0 aliphatic rings. The number of aromatic nitrogens is 3. The molecule has 18 heavy (non-hydrogen) atoms. The van der Waals surface area contributed by atoms with Gasteiger partial charge < -0.3 is 5.11 Å². The molecular weight excluding hydrogens is 257 g/mol. The third-order valence-corrected chi connectivity index (χ3v) is 2.99. The minimum absolute atomic E-state index is 0.00325. The highest BCUT2D eigenvalue weighted by Gasteiger charge is 2.14. The molecule has 4 nitrogen and oxygen atoms in total. The molecule has 6 heteroatoms. The Hall–Kier alpha value is -1.46. The summed E-state index contributed by atoms with van der Waals surface area (Å²) in [6, 6.07) is 4.18. The van der Waals surface area contributed by atoms with E-state index in [0.717, 1.165) is 0 Å². The fourth-order valence-electron chi connectivity index (χ4n) is 1.72. The molecular formula is C12H13ClFN3O. The molecule has 1 aromatic carbocycles. The number of halogens is 2. The van der Waals surface area contributed by atoms with Gasteiger partial charge in [0, 0.05) is 13.0 Å². The molecule has 96 valence electrons. The predicted molar refractivity (Wildman–Crippen MR) is 65.8 cm³/mol. The lowest BCUT2D eigenvalue weighted by Gasteiger charge is -2.11. The van der Waals surface area contributed by atoms with E-state index >= 15 is 0 Å². The van der Waals surface area contributed by atoms with E-state index in [1.54, 1.807) is 4.68 Å². The van der Waals surface area contributed by atoms with Crippen LogP contribution in [-0.2, 0) is 13.0 Å². The summed E-state index contributed by atoms with van der Waals surface area (Å²) in [5.74, 6) is 0.190. The number of hydrogen-bond acceptors (Lipinski definition) is 3. The zero-order chi connectivity index (χ0) is 13.1. The van der Waals surface area contributed by atoms with Gasteiger partial charge in [-0.1, -0.05) is 17.7 Å². The van der Waals surface area contributed by atoms with Gasteiger partial charge in [0.2, 0.25) is 0 Å². The van der Waals surface area contributed by atoms with Gasteiger partial charge in [0.25, 0.3) is 0 Å². The number of aryl methyl sites for hydroxylation is 1. The van der Waals surface area contributed by atoms with E-state index in [2.05, 4.69) is 10.1 Å². The number of aliphatic hydroxyl groups excluding tert-OH is 1. The first kappa shape index (κ1) is 13.0. The monoisotopic (exact) mass is 269 g/mol. The molecule has 0 saturated heterocycles. The molecule has 0 radical (unpaired) electrons. The van der Waals surface area contributed by atoms with Gasteiger partial charge in [-0.3, -0.25) is 4.68 Å². The third kappa shape index (κ3) is 2.68.